The van der Waals surface area contributed by atoms with Crippen LogP contribution in [0.2, 0.25) is 10.0 Å². The van der Waals surface area contributed by atoms with E-state index in [4.69, 9.17) is 27.9 Å². The molecule has 1 aromatic heterocycles. The highest BCUT2D eigenvalue weighted by atomic mass is 35.5. The maximum atomic E-state index is 14.6. The minimum Gasteiger partial charge on any atom is -0.444 e. The van der Waals surface area contributed by atoms with Crippen molar-refractivity contribution in [2.75, 3.05) is 18.4 Å². The number of carbonyl (C=O) groups is 1. The quantitative estimate of drug-likeness (QED) is 0.403. The molecule has 0 spiro atoms. The van der Waals surface area contributed by atoms with Crippen molar-refractivity contribution in [2.45, 2.75) is 45.1 Å². The first-order valence-corrected chi connectivity index (χ1v) is 11.5. The van der Waals surface area contributed by atoms with Gasteiger partial charge in [-0.15, -0.1) is 0 Å². The topological polar surface area (TPSA) is 67.3 Å². The number of piperidine rings is 1. The van der Waals surface area contributed by atoms with E-state index in [0.29, 0.717) is 18.9 Å². The van der Waals surface area contributed by atoms with Crippen molar-refractivity contribution in [3.8, 4) is 0 Å². The molecule has 1 amide bonds. The largest absolute Gasteiger partial charge is 0.444 e. The summed E-state index contributed by atoms with van der Waals surface area (Å²) in [4.78, 5) is 22.8. The predicted octanol–water partition coefficient (Wildman–Crippen LogP) is 6.93. The molecule has 0 atom stereocenters. The number of amides is 1. The fourth-order valence-electron chi connectivity index (χ4n) is 3.90. The van der Waals surface area contributed by atoms with Crippen molar-refractivity contribution >= 4 is 51.7 Å². The van der Waals surface area contributed by atoms with Gasteiger partial charge in [0.05, 0.1) is 21.2 Å². The van der Waals surface area contributed by atoms with Gasteiger partial charge in [0.25, 0.3) is 0 Å². The lowest BCUT2D eigenvalue weighted by atomic mass is 9.89. The van der Waals surface area contributed by atoms with E-state index in [1.165, 1.54) is 18.5 Å². The van der Waals surface area contributed by atoms with Gasteiger partial charge in [-0.1, -0.05) is 29.3 Å². The van der Waals surface area contributed by atoms with Crippen LogP contribution in [0.25, 0.3) is 10.9 Å². The number of nitrogens with one attached hydrogen (secondary N) is 1. The molecule has 1 saturated heterocycles. The third-order valence-electron chi connectivity index (χ3n) is 5.57. The van der Waals surface area contributed by atoms with Crippen LogP contribution in [0.5, 0.6) is 0 Å². The zero-order valence-electron chi connectivity index (χ0n) is 18.7. The Balaban J connectivity index is 1.54. The molecule has 2 aromatic carbocycles. The minimum atomic E-state index is -0.637. The van der Waals surface area contributed by atoms with Crippen LogP contribution in [-0.2, 0) is 4.74 Å². The number of likely N-dealkylation sites (tertiary alicyclic amines) is 1. The molecule has 9 heteroatoms. The number of anilines is 2. The standard InChI is InChI=1S/C24H25Cl2FN4O2/c1-24(2,3)33-23(32)31-10-8-14(9-11-31)15-4-6-18-16(12-15)22(29-13-28-18)30-19-7-5-17(25)20(26)21(19)27/h4-7,12-14H,8-11H2,1-3H3,(H,28,29,30). The summed E-state index contributed by atoms with van der Waals surface area (Å²) in [6.07, 6.45) is 2.80. The Labute approximate surface area is 202 Å². The fourth-order valence-corrected chi connectivity index (χ4v) is 4.21. The molecule has 2 heterocycles. The molecule has 4 rings (SSSR count). The number of nitrogens with zero attached hydrogens (tertiary/aromatic N) is 3. The molecule has 0 unspecified atom stereocenters. The molecular formula is C24H25Cl2FN4O2. The van der Waals surface area contributed by atoms with Crippen LogP contribution in [0, 0.1) is 5.82 Å². The zero-order chi connectivity index (χ0) is 23.8. The average molecular weight is 491 g/mol. The molecule has 174 valence electrons. The fraction of sp³-hybridized carbons (Fsp3) is 0.375. The maximum absolute atomic E-state index is 14.6. The number of ether oxygens (including phenoxy) is 1. The highest BCUT2D eigenvalue weighted by Gasteiger charge is 2.27. The molecule has 1 aliphatic rings. The second kappa shape index (κ2) is 9.31. The van der Waals surface area contributed by atoms with Crippen LogP contribution < -0.4 is 5.32 Å². The molecule has 1 aliphatic heterocycles. The first-order chi connectivity index (χ1) is 15.6. The van der Waals surface area contributed by atoms with E-state index in [1.54, 1.807) is 4.90 Å². The van der Waals surface area contributed by atoms with Crippen LogP contribution in [0.1, 0.15) is 45.1 Å². The van der Waals surface area contributed by atoms with Gasteiger partial charge in [0.2, 0.25) is 0 Å². The monoisotopic (exact) mass is 490 g/mol. The number of fused-ring (bicyclic) bond motifs is 1. The Bertz CT molecular complexity index is 1190. The highest BCUT2D eigenvalue weighted by Crippen LogP contribution is 2.35. The molecule has 1 N–H and O–H groups in total. The Hall–Kier alpha value is -2.64. The van der Waals surface area contributed by atoms with Gasteiger partial charge in [0, 0.05) is 18.5 Å². The van der Waals surface area contributed by atoms with E-state index >= 15 is 0 Å². The lowest BCUT2D eigenvalue weighted by molar-refractivity contribution is 0.0205. The zero-order valence-corrected chi connectivity index (χ0v) is 20.2. The first-order valence-electron chi connectivity index (χ1n) is 10.8. The van der Waals surface area contributed by atoms with Crippen LogP contribution in [0.15, 0.2) is 36.7 Å². The van der Waals surface area contributed by atoms with Crippen molar-refractivity contribution in [1.82, 2.24) is 14.9 Å². The van der Waals surface area contributed by atoms with Crippen LogP contribution in [0.4, 0.5) is 20.7 Å². The summed E-state index contributed by atoms with van der Waals surface area (Å²) < 4.78 is 20.0. The number of benzene rings is 2. The molecule has 1 fully saturated rings. The lowest BCUT2D eigenvalue weighted by Gasteiger charge is -2.33. The van der Waals surface area contributed by atoms with Crippen molar-refractivity contribution in [3.05, 3.63) is 58.1 Å². The van der Waals surface area contributed by atoms with Crippen molar-refractivity contribution in [2.24, 2.45) is 0 Å². The number of aromatic nitrogens is 2. The maximum Gasteiger partial charge on any atom is 0.410 e. The van der Waals surface area contributed by atoms with Crippen molar-refractivity contribution < 1.29 is 13.9 Å². The summed E-state index contributed by atoms with van der Waals surface area (Å²) in [6, 6.07) is 9.06. The summed E-state index contributed by atoms with van der Waals surface area (Å²) in [5, 5.41) is 3.80. The molecule has 0 radical (unpaired) electrons. The van der Waals surface area contributed by atoms with E-state index in [0.717, 1.165) is 29.3 Å². The number of hydrogen-bond acceptors (Lipinski definition) is 5. The van der Waals surface area contributed by atoms with Gasteiger partial charge in [0.15, 0.2) is 5.82 Å². The predicted molar refractivity (Wildman–Crippen MR) is 129 cm³/mol. The van der Waals surface area contributed by atoms with Gasteiger partial charge in [-0.3, -0.25) is 0 Å². The number of carbonyl (C=O) groups excluding carboxylic acids is 1. The smallest absolute Gasteiger partial charge is 0.410 e. The summed E-state index contributed by atoms with van der Waals surface area (Å²) in [6.45, 7) is 6.85. The van der Waals surface area contributed by atoms with Crippen LogP contribution >= 0.6 is 23.2 Å². The average Bonchev–Trinajstić information content (AvgIpc) is 2.78. The van der Waals surface area contributed by atoms with Crippen LogP contribution in [0.3, 0.4) is 0 Å². The van der Waals surface area contributed by atoms with Gasteiger partial charge in [-0.05, 0) is 69.4 Å². The van der Waals surface area contributed by atoms with E-state index < -0.39 is 11.4 Å². The molecular weight excluding hydrogens is 466 g/mol. The van der Waals surface area contributed by atoms with Gasteiger partial charge >= 0.3 is 6.09 Å². The third kappa shape index (κ3) is 5.31. The first kappa shape index (κ1) is 23.5. The molecule has 3 aromatic rings. The van der Waals surface area contributed by atoms with Gasteiger partial charge in [-0.25, -0.2) is 19.2 Å². The van der Waals surface area contributed by atoms with Crippen molar-refractivity contribution in [1.29, 1.82) is 0 Å². The minimum absolute atomic E-state index is 0.141. The van der Waals surface area contributed by atoms with E-state index in [9.17, 15) is 9.18 Å². The molecule has 33 heavy (non-hydrogen) atoms. The Kier molecular flexibility index (Phi) is 6.64. The van der Waals surface area contributed by atoms with E-state index in [2.05, 4.69) is 15.3 Å². The Morgan fingerprint density at radius 1 is 1.15 bits per heavy atom. The summed E-state index contributed by atoms with van der Waals surface area (Å²) in [7, 11) is 0. The van der Waals surface area contributed by atoms with Gasteiger partial charge < -0.3 is 15.0 Å². The summed E-state index contributed by atoms with van der Waals surface area (Å²) in [5.74, 6) is 0.120. The normalized spacial score (nSPS) is 15.0. The van der Waals surface area contributed by atoms with E-state index in [1.807, 2.05) is 39.0 Å². The Morgan fingerprint density at radius 3 is 2.58 bits per heavy atom. The second-order valence-corrected chi connectivity index (χ2v) is 9.87. The summed E-state index contributed by atoms with van der Waals surface area (Å²) in [5.41, 5.74) is 1.53. The molecule has 6 nitrogen and oxygen atoms in total. The van der Waals surface area contributed by atoms with E-state index in [-0.39, 0.29) is 27.7 Å². The van der Waals surface area contributed by atoms with Gasteiger partial charge in [0.1, 0.15) is 17.7 Å². The number of rotatable bonds is 3. The van der Waals surface area contributed by atoms with Crippen LogP contribution in [-0.4, -0.2) is 39.7 Å². The second-order valence-electron chi connectivity index (χ2n) is 9.09. The molecule has 0 bridgehead atoms. The van der Waals surface area contributed by atoms with Crippen molar-refractivity contribution in [3.63, 3.8) is 0 Å². The number of hydrogen-bond donors (Lipinski definition) is 1. The number of halogens is 3. The van der Waals surface area contributed by atoms with Gasteiger partial charge in [-0.2, -0.15) is 0 Å². The highest BCUT2D eigenvalue weighted by molar-refractivity contribution is 6.42. The molecule has 0 saturated carbocycles. The SMILES string of the molecule is CC(C)(C)OC(=O)N1CCC(c2ccc3ncnc(Nc4ccc(Cl)c(Cl)c4F)c3c2)CC1. The lowest BCUT2D eigenvalue weighted by Crippen LogP contribution is -2.41. The Morgan fingerprint density at radius 2 is 1.88 bits per heavy atom. The summed E-state index contributed by atoms with van der Waals surface area (Å²) >= 11 is 11.8. The third-order valence-corrected chi connectivity index (χ3v) is 6.35. The molecule has 0 aliphatic carbocycles.